The smallest absolute Gasteiger partial charge is 0.144 e. The predicted molar refractivity (Wildman–Crippen MR) is 145 cm³/mol. The highest BCUT2D eigenvalue weighted by molar-refractivity contribution is 6.32. The van der Waals surface area contributed by atoms with Gasteiger partial charge in [0.2, 0.25) is 0 Å². The number of halogens is 1. The number of rotatable bonds is 7. The molecular weight excluding hydrogens is 502 g/mol. The highest BCUT2D eigenvalue weighted by Gasteiger charge is 2.47. The molecule has 2 aliphatic heterocycles. The van der Waals surface area contributed by atoms with Crippen molar-refractivity contribution in [1.82, 2.24) is 19.6 Å². The van der Waals surface area contributed by atoms with Crippen molar-refractivity contribution >= 4 is 28.8 Å². The molecule has 2 N–H and O–H groups in total. The molecule has 9 nitrogen and oxygen atoms in total. The Morgan fingerprint density at radius 2 is 2.03 bits per heavy atom. The zero-order chi connectivity index (χ0) is 26.4. The number of nitrogens with one attached hydrogen (secondary N) is 1. The fraction of sp³-hybridized carbons (Fsp3) is 0.357. The predicted octanol–water partition coefficient (Wildman–Crippen LogP) is 4.40. The molecule has 2 bridgehead atoms. The highest BCUT2D eigenvalue weighted by Crippen LogP contribution is 2.43. The van der Waals surface area contributed by atoms with Gasteiger partial charge in [0.05, 0.1) is 34.1 Å². The average Bonchev–Trinajstić information content (AvgIpc) is 3.34. The molecule has 6 heterocycles. The standard InChI is InChI=1S/C28H28ClN7O2/c1-28(2,37)16-38-21-9-22(26-20(10-30)12-33-36(26)15-21)17-5-6-24(32-11-17)35-13-18-8-19(14-35)25(18)34-27-23(29)4-3-7-31-27/h3-7,9,11-12,15,18-19,25,37H,8,13-14,16H2,1-2H3,(H,31,34). The number of hydrogen-bond acceptors (Lipinski definition) is 8. The summed E-state index contributed by atoms with van der Waals surface area (Å²) >= 11 is 6.30. The second kappa shape index (κ2) is 9.46. The number of nitriles is 1. The Labute approximate surface area is 225 Å². The van der Waals surface area contributed by atoms with Gasteiger partial charge in [0.15, 0.2) is 0 Å². The van der Waals surface area contributed by atoms with Crippen molar-refractivity contribution < 1.29 is 9.84 Å². The molecule has 7 rings (SSSR count). The van der Waals surface area contributed by atoms with E-state index in [2.05, 4.69) is 26.4 Å². The molecule has 2 unspecified atom stereocenters. The van der Waals surface area contributed by atoms with Gasteiger partial charge in [-0.2, -0.15) is 10.4 Å². The molecule has 3 aliphatic rings. The highest BCUT2D eigenvalue weighted by atomic mass is 35.5. The fourth-order valence-corrected chi connectivity index (χ4v) is 5.61. The van der Waals surface area contributed by atoms with Gasteiger partial charge in [-0.25, -0.2) is 14.5 Å². The minimum Gasteiger partial charge on any atom is -0.489 e. The first kappa shape index (κ1) is 24.5. The minimum atomic E-state index is -0.978. The largest absolute Gasteiger partial charge is 0.489 e. The number of aromatic nitrogens is 4. The lowest BCUT2D eigenvalue weighted by Gasteiger charge is -2.54. The molecule has 0 radical (unpaired) electrons. The molecule has 3 fully saturated rings. The molecular formula is C28H28ClN7O2. The van der Waals surface area contributed by atoms with E-state index in [1.165, 1.54) is 6.42 Å². The Bertz CT molecular complexity index is 1510. The second-order valence-corrected chi connectivity index (χ2v) is 11.1. The molecule has 4 aromatic heterocycles. The Morgan fingerprint density at radius 3 is 2.71 bits per heavy atom. The fourth-order valence-electron chi connectivity index (χ4n) is 5.43. The Balaban J connectivity index is 1.22. The summed E-state index contributed by atoms with van der Waals surface area (Å²) in [5, 5.41) is 28.3. The van der Waals surface area contributed by atoms with Gasteiger partial charge in [0, 0.05) is 42.7 Å². The summed E-state index contributed by atoms with van der Waals surface area (Å²) in [5.41, 5.74) is 1.84. The summed E-state index contributed by atoms with van der Waals surface area (Å²) in [5.74, 6) is 3.23. The van der Waals surface area contributed by atoms with Gasteiger partial charge < -0.3 is 20.1 Å². The number of aliphatic hydroxyl groups is 1. The van der Waals surface area contributed by atoms with E-state index in [-0.39, 0.29) is 6.61 Å². The third-order valence-corrected chi connectivity index (χ3v) is 7.58. The van der Waals surface area contributed by atoms with E-state index < -0.39 is 5.60 Å². The normalized spacial score (nSPS) is 20.6. The van der Waals surface area contributed by atoms with Crippen molar-refractivity contribution in [2.45, 2.75) is 31.9 Å². The van der Waals surface area contributed by atoms with E-state index in [0.717, 1.165) is 35.9 Å². The number of piperidine rings is 2. The van der Waals surface area contributed by atoms with Crippen LogP contribution < -0.4 is 15.0 Å². The van der Waals surface area contributed by atoms with Crippen LogP contribution in [0.25, 0.3) is 16.6 Å². The second-order valence-electron chi connectivity index (χ2n) is 10.7. The zero-order valence-electron chi connectivity index (χ0n) is 21.2. The first-order chi connectivity index (χ1) is 18.3. The molecule has 1 saturated carbocycles. The SMILES string of the molecule is CC(C)(O)COc1cc(-c2ccc(N3CC4CC(C3)C4Nc3ncccc3Cl)nc2)c2c(C#N)cnn2c1. The van der Waals surface area contributed by atoms with Gasteiger partial charge in [-0.05, 0) is 62.4 Å². The number of nitrogens with zero attached hydrogens (tertiary/aromatic N) is 6. The van der Waals surface area contributed by atoms with E-state index in [9.17, 15) is 10.4 Å². The van der Waals surface area contributed by atoms with Gasteiger partial charge in [-0.15, -0.1) is 0 Å². The van der Waals surface area contributed by atoms with E-state index in [1.807, 2.05) is 36.5 Å². The molecule has 38 heavy (non-hydrogen) atoms. The van der Waals surface area contributed by atoms with E-state index >= 15 is 0 Å². The molecule has 4 aromatic rings. The summed E-state index contributed by atoms with van der Waals surface area (Å²) in [7, 11) is 0. The monoisotopic (exact) mass is 529 g/mol. The molecule has 0 spiro atoms. The van der Waals surface area contributed by atoms with Gasteiger partial charge in [-0.3, -0.25) is 0 Å². The van der Waals surface area contributed by atoms with Crippen molar-refractivity contribution in [3.8, 4) is 22.9 Å². The molecule has 10 heteroatoms. The average molecular weight is 530 g/mol. The van der Waals surface area contributed by atoms with E-state index in [0.29, 0.717) is 39.7 Å². The summed E-state index contributed by atoms with van der Waals surface area (Å²) in [6.07, 6.45) is 8.04. The van der Waals surface area contributed by atoms with E-state index in [1.54, 1.807) is 37.0 Å². The van der Waals surface area contributed by atoms with Crippen molar-refractivity contribution in [3.05, 3.63) is 65.7 Å². The summed E-state index contributed by atoms with van der Waals surface area (Å²) in [4.78, 5) is 11.5. The van der Waals surface area contributed by atoms with Crippen LogP contribution in [0.2, 0.25) is 5.02 Å². The van der Waals surface area contributed by atoms with Crippen LogP contribution in [-0.2, 0) is 0 Å². The van der Waals surface area contributed by atoms with Crippen molar-refractivity contribution in [1.29, 1.82) is 5.26 Å². The Morgan fingerprint density at radius 1 is 1.21 bits per heavy atom. The molecule has 194 valence electrons. The maximum atomic E-state index is 10.1. The summed E-state index contributed by atoms with van der Waals surface area (Å²) in [6, 6.07) is 12.2. The minimum absolute atomic E-state index is 0.126. The Kier molecular flexibility index (Phi) is 6.09. The lowest BCUT2D eigenvalue weighted by atomic mass is 9.66. The topological polar surface area (TPSA) is 112 Å². The van der Waals surface area contributed by atoms with Crippen LogP contribution in [0.3, 0.4) is 0 Å². The van der Waals surface area contributed by atoms with E-state index in [4.69, 9.17) is 21.3 Å². The number of hydrogen-bond donors (Lipinski definition) is 2. The van der Waals surface area contributed by atoms with Crippen molar-refractivity contribution in [3.63, 3.8) is 0 Å². The van der Waals surface area contributed by atoms with Crippen molar-refractivity contribution in [2.75, 3.05) is 29.9 Å². The number of anilines is 2. The quantitative estimate of drug-likeness (QED) is 0.362. The number of ether oxygens (including phenoxy) is 1. The van der Waals surface area contributed by atoms with Crippen LogP contribution in [0, 0.1) is 23.2 Å². The Hall–Kier alpha value is -3.87. The van der Waals surface area contributed by atoms with Gasteiger partial charge in [0.25, 0.3) is 0 Å². The van der Waals surface area contributed by atoms with Crippen LogP contribution in [0.1, 0.15) is 25.8 Å². The van der Waals surface area contributed by atoms with Crippen LogP contribution in [0.4, 0.5) is 11.6 Å². The maximum Gasteiger partial charge on any atom is 0.144 e. The molecule has 1 aliphatic carbocycles. The number of pyridine rings is 3. The first-order valence-electron chi connectivity index (χ1n) is 12.6. The van der Waals surface area contributed by atoms with Crippen LogP contribution >= 0.6 is 11.6 Å². The van der Waals surface area contributed by atoms with Crippen LogP contribution in [0.15, 0.2) is 55.1 Å². The third-order valence-electron chi connectivity index (χ3n) is 7.27. The third kappa shape index (κ3) is 4.62. The van der Waals surface area contributed by atoms with Crippen LogP contribution in [-0.4, -0.2) is 56.0 Å². The molecule has 0 aromatic carbocycles. The van der Waals surface area contributed by atoms with Gasteiger partial charge >= 0.3 is 0 Å². The number of fused-ring (bicyclic) bond motifs is 3. The summed E-state index contributed by atoms with van der Waals surface area (Å²) in [6.45, 7) is 5.33. The maximum absolute atomic E-state index is 10.1. The van der Waals surface area contributed by atoms with Gasteiger partial charge in [-0.1, -0.05) is 11.6 Å². The zero-order valence-corrected chi connectivity index (χ0v) is 21.9. The van der Waals surface area contributed by atoms with Crippen LogP contribution in [0.5, 0.6) is 5.75 Å². The molecule has 0 amide bonds. The first-order valence-corrected chi connectivity index (χ1v) is 13.0. The van der Waals surface area contributed by atoms with Gasteiger partial charge in [0.1, 0.15) is 30.1 Å². The lowest BCUT2D eigenvalue weighted by molar-refractivity contribution is 0.0283. The molecule has 2 atom stereocenters. The molecule has 2 saturated heterocycles. The van der Waals surface area contributed by atoms with Crippen molar-refractivity contribution in [2.24, 2.45) is 11.8 Å². The summed E-state index contributed by atoms with van der Waals surface area (Å²) < 4.78 is 7.48. The lowest BCUT2D eigenvalue weighted by Crippen LogP contribution is -2.61.